The van der Waals surface area contributed by atoms with Gasteiger partial charge in [-0.2, -0.15) is 5.26 Å². The van der Waals surface area contributed by atoms with Crippen molar-refractivity contribution in [3.8, 4) is 40.1 Å². The van der Waals surface area contributed by atoms with E-state index in [9.17, 15) is 29.1 Å². The van der Waals surface area contributed by atoms with Crippen molar-refractivity contribution in [3.05, 3.63) is 94.3 Å². The Balaban J connectivity index is 1.55. The number of nitrogens with one attached hydrogen (secondary N) is 4. The first kappa shape index (κ1) is 44.2. The van der Waals surface area contributed by atoms with E-state index in [2.05, 4.69) is 31.2 Å². The number of aromatic hydroxyl groups is 1. The van der Waals surface area contributed by atoms with Crippen molar-refractivity contribution in [3.63, 3.8) is 0 Å². The van der Waals surface area contributed by atoms with Gasteiger partial charge in [0.25, 0.3) is 5.91 Å². The van der Waals surface area contributed by atoms with Crippen LogP contribution in [-0.4, -0.2) is 101 Å². The number of hydrogen-bond donors (Lipinski definition) is 7. The molecule has 0 spiro atoms. The third-order valence-corrected chi connectivity index (χ3v) is 10.1. The summed E-state index contributed by atoms with van der Waals surface area (Å²) in [5.41, 5.74) is 15.9. The predicted octanol–water partition coefficient (Wildman–Crippen LogP) is 1.61. The summed E-state index contributed by atoms with van der Waals surface area (Å²) in [6, 6.07) is 13.8. The first-order valence-electron chi connectivity index (χ1n) is 19.4. The maximum absolute atomic E-state index is 14.5. The normalized spacial score (nSPS) is 16.9. The lowest BCUT2D eigenvalue weighted by Crippen LogP contribution is -2.56. The van der Waals surface area contributed by atoms with Gasteiger partial charge in [0.1, 0.15) is 48.8 Å². The Labute approximate surface area is 347 Å². The molecule has 2 heterocycles. The smallest absolute Gasteiger partial charge is 0.255 e. The summed E-state index contributed by atoms with van der Waals surface area (Å²) in [5, 5.41) is 30.8. The molecule has 4 bridgehead atoms. The lowest BCUT2D eigenvalue weighted by molar-refractivity contribution is -0.141. The molecule has 0 fully saturated rings. The topological polar surface area (TPSA) is 268 Å². The Morgan fingerprint density at radius 1 is 0.967 bits per heavy atom. The highest BCUT2D eigenvalue weighted by Gasteiger charge is 2.36. The van der Waals surface area contributed by atoms with Crippen molar-refractivity contribution in [2.45, 2.75) is 64.7 Å². The first-order valence-corrected chi connectivity index (χ1v) is 19.4. The number of carbonyl (C=O) groups is 5. The maximum Gasteiger partial charge on any atom is 0.255 e. The van der Waals surface area contributed by atoms with Crippen molar-refractivity contribution in [1.29, 1.82) is 5.26 Å². The van der Waals surface area contributed by atoms with Crippen LogP contribution in [0.3, 0.4) is 0 Å². The van der Waals surface area contributed by atoms with Gasteiger partial charge < -0.3 is 47.5 Å². The minimum atomic E-state index is -1.42. The average Bonchev–Trinajstić information content (AvgIpc) is 3.21. The Morgan fingerprint density at radius 2 is 1.67 bits per heavy atom. The van der Waals surface area contributed by atoms with Gasteiger partial charge in [0.2, 0.25) is 23.6 Å². The van der Waals surface area contributed by atoms with Crippen LogP contribution in [0.5, 0.6) is 11.5 Å². The van der Waals surface area contributed by atoms with Gasteiger partial charge >= 0.3 is 0 Å². The number of hydrogen-bond acceptors (Lipinski definition) is 12. The lowest BCUT2D eigenvalue weighted by atomic mass is 9.93. The molecule has 5 rings (SSSR count). The number of phenolic OH excluding ortho intramolecular Hbond substituents is 1. The molecule has 0 saturated carbocycles. The van der Waals surface area contributed by atoms with Gasteiger partial charge in [-0.3, -0.25) is 24.0 Å². The van der Waals surface area contributed by atoms with Crippen molar-refractivity contribution < 1.29 is 33.8 Å². The van der Waals surface area contributed by atoms with Crippen LogP contribution >= 0.6 is 0 Å². The number of benzene rings is 3. The Hall–Kier alpha value is -6.90. The fourth-order valence-corrected chi connectivity index (χ4v) is 6.95. The Morgan fingerprint density at radius 3 is 2.32 bits per heavy atom. The third kappa shape index (κ3) is 10.2. The van der Waals surface area contributed by atoms with E-state index in [1.165, 1.54) is 20.0 Å². The summed E-state index contributed by atoms with van der Waals surface area (Å²) >= 11 is 0. The van der Waals surface area contributed by atoms with E-state index in [4.69, 9.17) is 21.5 Å². The van der Waals surface area contributed by atoms with Gasteiger partial charge in [-0.05, 0) is 76.1 Å². The molecular weight excluding hydrogens is 769 g/mol. The van der Waals surface area contributed by atoms with Crippen LogP contribution in [0.15, 0.2) is 60.7 Å². The molecule has 0 aliphatic carbocycles. The Bertz CT molecular complexity index is 2290. The van der Waals surface area contributed by atoms with Crippen molar-refractivity contribution in [2.24, 2.45) is 11.5 Å². The number of nitrogens with two attached hydrogens (primary N) is 2. The number of carbonyl (C=O) groups excluding carboxylic acids is 5. The number of ether oxygens (including phenoxy) is 1. The van der Waals surface area contributed by atoms with E-state index in [0.717, 1.165) is 16.0 Å². The van der Waals surface area contributed by atoms with Gasteiger partial charge in [-0.15, -0.1) is 0 Å². The van der Waals surface area contributed by atoms with Crippen molar-refractivity contribution >= 4 is 29.5 Å². The molecule has 5 amide bonds. The van der Waals surface area contributed by atoms with Gasteiger partial charge in [0, 0.05) is 36.7 Å². The number of aryl methyl sites for hydroxylation is 3. The highest BCUT2D eigenvalue weighted by atomic mass is 16.5. The van der Waals surface area contributed by atoms with Gasteiger partial charge in [0.05, 0.1) is 23.0 Å². The van der Waals surface area contributed by atoms with Gasteiger partial charge in [0.15, 0.2) is 5.82 Å². The molecule has 4 atom stereocenters. The zero-order valence-corrected chi connectivity index (χ0v) is 34.2. The zero-order chi connectivity index (χ0) is 43.7. The number of amides is 5. The lowest BCUT2D eigenvalue weighted by Gasteiger charge is -2.32. The van der Waals surface area contributed by atoms with E-state index < -0.39 is 53.7 Å². The summed E-state index contributed by atoms with van der Waals surface area (Å²) in [4.78, 5) is 79.9. The SMILES string of the molecule is Cc1ccc(-c2nc(C)c(C(=O)N[C@@H](CCN)C(=O)N(C)[C@@H]3C(=O)N[C@@H](C)C(=O)N[C@H](C(=O)NCC#N)Cc4ccc(O)c(c4)-c4cc3ccc4OCCN)c(C)n2)cc1. The standard InChI is InChI=1S/C43H50N10O7/c1-23-6-9-28(10-7-23)38-48-24(2)36(25(3)49-38)41(57)51-32(14-15-44)43(59)53(5)37-29-11-13-35(60-19-17-46)31(22-29)30-20-27(8-12-34(30)54)21-33(40(56)47-18-16-45)52-39(55)26(4)50-42(37)58/h6-13,20,22,26,32-33,37,54H,14-15,17-19,21,44,46H2,1-5H3,(H,47,56)(H,50,58)(H,51,57)(H,52,55)/t26-,32-,33-,37-/m0/s1. The second-order valence-electron chi connectivity index (χ2n) is 14.5. The molecule has 1 aliphatic heterocycles. The molecule has 1 aliphatic rings. The molecule has 17 heteroatoms. The summed E-state index contributed by atoms with van der Waals surface area (Å²) in [6.45, 7) is 6.71. The minimum absolute atomic E-state index is 0.00447. The number of phenols is 1. The largest absolute Gasteiger partial charge is 0.507 e. The molecule has 17 nitrogen and oxygen atoms in total. The van der Waals surface area contributed by atoms with Crippen LogP contribution < -0.4 is 37.5 Å². The first-order chi connectivity index (χ1) is 28.7. The second-order valence-corrected chi connectivity index (χ2v) is 14.5. The molecule has 0 radical (unpaired) electrons. The number of aromatic nitrogens is 2. The quantitative estimate of drug-likeness (QED) is 0.101. The molecule has 4 aromatic rings. The number of nitrogens with zero attached hydrogens (tertiary/aromatic N) is 4. The molecular formula is C43H50N10O7. The minimum Gasteiger partial charge on any atom is -0.507 e. The van der Waals surface area contributed by atoms with E-state index in [1.54, 1.807) is 44.2 Å². The maximum atomic E-state index is 14.5. The van der Waals surface area contributed by atoms with E-state index in [-0.39, 0.29) is 61.5 Å². The Kier molecular flexibility index (Phi) is 14.5. The summed E-state index contributed by atoms with van der Waals surface area (Å²) < 4.78 is 5.96. The highest BCUT2D eigenvalue weighted by Crippen LogP contribution is 2.39. The van der Waals surface area contributed by atoms with Crippen LogP contribution in [-0.2, 0) is 25.6 Å². The molecule has 60 heavy (non-hydrogen) atoms. The predicted molar refractivity (Wildman–Crippen MR) is 222 cm³/mol. The number of rotatable bonds is 12. The van der Waals surface area contributed by atoms with Crippen LogP contribution in [0.1, 0.15) is 57.8 Å². The molecule has 1 aromatic heterocycles. The van der Waals surface area contributed by atoms with Crippen molar-refractivity contribution in [1.82, 2.24) is 36.1 Å². The average molecular weight is 819 g/mol. The summed E-state index contributed by atoms with van der Waals surface area (Å²) in [6.07, 6.45) is -0.0404. The van der Waals surface area contributed by atoms with Gasteiger partial charge in [-0.25, -0.2) is 9.97 Å². The molecule has 0 unspecified atom stereocenters. The molecule has 9 N–H and O–H groups in total. The fourth-order valence-electron chi connectivity index (χ4n) is 6.95. The summed E-state index contributed by atoms with van der Waals surface area (Å²) in [5.74, 6) is -2.86. The monoisotopic (exact) mass is 818 g/mol. The number of nitriles is 1. The highest BCUT2D eigenvalue weighted by molar-refractivity contribution is 6.00. The van der Waals surface area contributed by atoms with E-state index in [0.29, 0.717) is 34.1 Å². The summed E-state index contributed by atoms with van der Waals surface area (Å²) in [7, 11) is 1.39. The molecule has 314 valence electrons. The van der Waals surface area contributed by atoms with E-state index >= 15 is 0 Å². The van der Waals surface area contributed by atoms with Crippen LogP contribution in [0, 0.1) is 32.1 Å². The number of fused-ring (bicyclic) bond motifs is 5. The second kappa shape index (κ2) is 19.7. The third-order valence-electron chi connectivity index (χ3n) is 10.1. The van der Waals surface area contributed by atoms with Gasteiger partial charge in [-0.1, -0.05) is 42.0 Å². The van der Waals surface area contributed by atoms with E-state index in [1.807, 2.05) is 37.3 Å². The fraction of sp³-hybridized carbons (Fsp3) is 0.349. The van der Waals surface area contributed by atoms with Crippen LogP contribution in [0.4, 0.5) is 0 Å². The number of likely N-dealkylation sites (N-methyl/N-ethyl adjacent to an activating group) is 1. The van der Waals surface area contributed by atoms with Crippen LogP contribution in [0.2, 0.25) is 0 Å². The van der Waals surface area contributed by atoms with Crippen molar-refractivity contribution in [2.75, 3.05) is 33.3 Å². The van der Waals surface area contributed by atoms with Crippen LogP contribution in [0.25, 0.3) is 22.5 Å². The molecule has 3 aromatic carbocycles. The molecule has 0 saturated heterocycles. The zero-order valence-electron chi connectivity index (χ0n) is 34.2.